The van der Waals surface area contributed by atoms with Crippen LogP contribution in [0.15, 0.2) is 47.4 Å². The molecule has 1 fully saturated rings. The molecule has 180 valence electrons. The van der Waals surface area contributed by atoms with E-state index in [0.29, 0.717) is 18.8 Å². The molecule has 33 heavy (non-hydrogen) atoms. The van der Waals surface area contributed by atoms with Gasteiger partial charge in [0.1, 0.15) is 0 Å². The van der Waals surface area contributed by atoms with Gasteiger partial charge >= 0.3 is 0 Å². The fourth-order valence-electron chi connectivity index (χ4n) is 3.52. The molecule has 1 aliphatic heterocycles. The molecule has 2 aromatic rings. The third-order valence-corrected chi connectivity index (χ3v) is 8.30. The summed E-state index contributed by atoms with van der Waals surface area (Å²) in [7, 11) is -7.32. The second-order valence-electron chi connectivity index (χ2n) is 7.72. The number of anilines is 2. The molecular formula is C21H25F2N3O5S2. The number of nitrogens with one attached hydrogen (secondary N) is 1. The Balaban J connectivity index is 1.57. The second-order valence-corrected chi connectivity index (χ2v) is 11.6. The summed E-state index contributed by atoms with van der Waals surface area (Å²) >= 11 is 0. The number of carbonyl (C=O) groups excluding carboxylic acids is 1. The number of nitrogens with zero attached hydrogens (tertiary/aromatic N) is 2. The summed E-state index contributed by atoms with van der Waals surface area (Å²) in [6, 6.07) is 8.61. The molecule has 0 bridgehead atoms. The summed E-state index contributed by atoms with van der Waals surface area (Å²) in [6.07, 6.45) is 2.69. The van der Waals surface area contributed by atoms with Crippen LogP contribution in [0.3, 0.4) is 0 Å². The molecule has 0 aromatic heterocycles. The van der Waals surface area contributed by atoms with Crippen LogP contribution >= 0.6 is 0 Å². The van der Waals surface area contributed by atoms with Gasteiger partial charge in [-0.2, -0.15) is 4.31 Å². The minimum atomic E-state index is -3.78. The Kier molecular flexibility index (Phi) is 7.70. The highest BCUT2D eigenvalue weighted by Gasteiger charge is 2.27. The van der Waals surface area contributed by atoms with Gasteiger partial charge in [0.2, 0.25) is 26.0 Å². The molecule has 1 heterocycles. The molecule has 12 heteroatoms. The van der Waals surface area contributed by atoms with E-state index in [4.69, 9.17) is 0 Å². The number of amides is 1. The summed E-state index contributed by atoms with van der Waals surface area (Å²) in [5.74, 6) is -2.66. The zero-order chi connectivity index (χ0) is 24.2. The fourth-order valence-corrected chi connectivity index (χ4v) is 6.00. The first-order valence-corrected chi connectivity index (χ1v) is 13.6. The van der Waals surface area contributed by atoms with Gasteiger partial charge < -0.3 is 5.32 Å². The van der Waals surface area contributed by atoms with E-state index < -0.39 is 37.6 Å². The van der Waals surface area contributed by atoms with Crippen molar-refractivity contribution in [3.05, 3.63) is 54.1 Å². The van der Waals surface area contributed by atoms with Crippen molar-refractivity contribution in [2.24, 2.45) is 0 Å². The number of rotatable bonds is 9. The Morgan fingerprint density at radius 3 is 2.21 bits per heavy atom. The van der Waals surface area contributed by atoms with Gasteiger partial charge in [0.05, 0.1) is 16.8 Å². The molecule has 0 radical (unpaired) electrons. The van der Waals surface area contributed by atoms with Gasteiger partial charge in [-0.1, -0.05) is 0 Å². The van der Waals surface area contributed by atoms with E-state index in [1.54, 1.807) is 0 Å². The zero-order valence-electron chi connectivity index (χ0n) is 18.0. The van der Waals surface area contributed by atoms with Crippen molar-refractivity contribution in [2.45, 2.75) is 30.6 Å². The number of hydrogen-bond donors (Lipinski definition) is 1. The van der Waals surface area contributed by atoms with Crippen LogP contribution in [0.2, 0.25) is 0 Å². The lowest BCUT2D eigenvalue weighted by Gasteiger charge is -2.22. The Morgan fingerprint density at radius 2 is 1.64 bits per heavy atom. The molecule has 0 saturated carbocycles. The molecule has 1 aliphatic rings. The lowest BCUT2D eigenvalue weighted by Crippen LogP contribution is -2.31. The minimum absolute atomic E-state index is 0.0355. The average molecular weight is 502 g/mol. The van der Waals surface area contributed by atoms with Crippen LogP contribution in [-0.2, 0) is 24.8 Å². The Morgan fingerprint density at radius 1 is 1.00 bits per heavy atom. The highest BCUT2D eigenvalue weighted by Crippen LogP contribution is 2.23. The molecule has 1 amide bonds. The first-order valence-electron chi connectivity index (χ1n) is 10.3. The summed E-state index contributed by atoms with van der Waals surface area (Å²) in [4.78, 5) is 12.4. The molecule has 0 unspecified atom stereocenters. The fraction of sp³-hybridized carbons (Fsp3) is 0.381. The van der Waals surface area contributed by atoms with Crippen molar-refractivity contribution in [3.8, 4) is 0 Å². The number of benzene rings is 2. The van der Waals surface area contributed by atoms with E-state index in [9.17, 15) is 30.4 Å². The third-order valence-electron chi connectivity index (χ3n) is 5.20. The Bertz CT molecular complexity index is 1210. The van der Waals surface area contributed by atoms with E-state index in [2.05, 4.69) is 5.32 Å². The lowest BCUT2D eigenvalue weighted by molar-refractivity contribution is -0.116. The van der Waals surface area contributed by atoms with E-state index in [0.717, 1.165) is 41.6 Å². The van der Waals surface area contributed by atoms with Gasteiger partial charge in [0, 0.05) is 37.8 Å². The number of hydrogen-bond acceptors (Lipinski definition) is 5. The minimum Gasteiger partial charge on any atom is -0.326 e. The zero-order valence-corrected chi connectivity index (χ0v) is 19.6. The van der Waals surface area contributed by atoms with Crippen LogP contribution in [0.5, 0.6) is 0 Å². The predicted molar refractivity (Wildman–Crippen MR) is 121 cm³/mol. The van der Waals surface area contributed by atoms with E-state index >= 15 is 0 Å². The molecule has 1 N–H and O–H groups in total. The maximum absolute atomic E-state index is 13.5. The van der Waals surface area contributed by atoms with Crippen molar-refractivity contribution in [3.63, 3.8) is 0 Å². The highest BCUT2D eigenvalue weighted by molar-refractivity contribution is 7.92. The van der Waals surface area contributed by atoms with Crippen LogP contribution in [0.1, 0.15) is 25.7 Å². The molecule has 8 nitrogen and oxygen atoms in total. The Hall–Kier alpha value is -2.57. The SMILES string of the molecule is CS(=O)(=O)N(CCCC(=O)Nc1ccc(S(=O)(=O)N2CCCC2)cc1)c1ccc(F)c(F)c1. The molecule has 2 aromatic carbocycles. The molecule has 3 rings (SSSR count). The summed E-state index contributed by atoms with van der Waals surface area (Å²) < 4.78 is 78.2. The molecular weight excluding hydrogens is 476 g/mol. The molecule has 0 spiro atoms. The van der Waals surface area contributed by atoms with Crippen molar-refractivity contribution < 1.29 is 30.4 Å². The van der Waals surface area contributed by atoms with Crippen molar-refractivity contribution in [2.75, 3.05) is 35.5 Å². The monoisotopic (exact) mass is 501 g/mol. The number of sulfonamides is 2. The van der Waals surface area contributed by atoms with Crippen LogP contribution < -0.4 is 9.62 Å². The van der Waals surface area contributed by atoms with Gasteiger partial charge in [-0.3, -0.25) is 9.10 Å². The van der Waals surface area contributed by atoms with Crippen LogP contribution in [0.25, 0.3) is 0 Å². The molecule has 0 aliphatic carbocycles. The van der Waals surface area contributed by atoms with Crippen LogP contribution in [-0.4, -0.2) is 52.9 Å². The van der Waals surface area contributed by atoms with E-state index in [1.165, 1.54) is 28.6 Å². The van der Waals surface area contributed by atoms with Gasteiger partial charge in [0.25, 0.3) is 0 Å². The summed E-state index contributed by atoms with van der Waals surface area (Å²) in [5, 5.41) is 2.63. The van der Waals surface area contributed by atoms with Crippen molar-refractivity contribution in [1.29, 1.82) is 0 Å². The predicted octanol–water partition coefficient (Wildman–Crippen LogP) is 2.93. The standard InChI is InChI=1S/C21H25F2N3O5S2/c1-32(28,29)26(17-8-11-19(22)20(23)15-17)14-4-5-21(27)24-16-6-9-18(10-7-16)33(30,31)25-12-2-3-13-25/h6-11,15H,2-5,12-14H2,1H3,(H,24,27). The van der Waals surface area contributed by atoms with Crippen molar-refractivity contribution >= 4 is 37.3 Å². The summed E-state index contributed by atoms with van der Waals surface area (Å²) in [5.41, 5.74) is 0.368. The van der Waals surface area contributed by atoms with Crippen molar-refractivity contribution in [1.82, 2.24) is 4.31 Å². The van der Waals surface area contributed by atoms with Gasteiger partial charge in [-0.15, -0.1) is 0 Å². The topological polar surface area (TPSA) is 104 Å². The third kappa shape index (κ3) is 6.27. The van der Waals surface area contributed by atoms with Gasteiger partial charge in [-0.25, -0.2) is 25.6 Å². The maximum atomic E-state index is 13.5. The first-order chi connectivity index (χ1) is 15.5. The lowest BCUT2D eigenvalue weighted by atomic mass is 10.2. The summed E-state index contributed by atoms with van der Waals surface area (Å²) in [6.45, 7) is 0.885. The second kappa shape index (κ2) is 10.1. The maximum Gasteiger partial charge on any atom is 0.243 e. The largest absolute Gasteiger partial charge is 0.326 e. The smallest absolute Gasteiger partial charge is 0.243 e. The van der Waals surface area contributed by atoms with Gasteiger partial charge in [-0.05, 0) is 55.7 Å². The first kappa shape index (κ1) is 25.1. The highest BCUT2D eigenvalue weighted by atomic mass is 32.2. The van der Waals surface area contributed by atoms with Gasteiger partial charge in [0.15, 0.2) is 11.6 Å². The normalized spacial score (nSPS) is 14.9. The number of carbonyl (C=O) groups is 1. The van der Waals surface area contributed by atoms with E-state index in [-0.39, 0.29) is 30.0 Å². The van der Waals surface area contributed by atoms with E-state index in [1.807, 2.05) is 0 Å². The Labute approximate surface area is 192 Å². The van der Waals surface area contributed by atoms with Crippen LogP contribution in [0.4, 0.5) is 20.2 Å². The molecule has 0 atom stereocenters. The van der Waals surface area contributed by atoms with Crippen LogP contribution in [0, 0.1) is 11.6 Å². The molecule has 1 saturated heterocycles. The quantitative estimate of drug-likeness (QED) is 0.569. The average Bonchev–Trinajstić information content (AvgIpc) is 3.29. The number of halogens is 2.